The van der Waals surface area contributed by atoms with Gasteiger partial charge < -0.3 is 5.32 Å². The predicted octanol–water partition coefficient (Wildman–Crippen LogP) is 6.50. The molecule has 1 N–H and O–H groups in total. The van der Waals surface area contributed by atoms with Crippen LogP contribution in [0.4, 0.5) is 18.9 Å². The summed E-state index contributed by atoms with van der Waals surface area (Å²) in [7, 11) is -4.19. The van der Waals surface area contributed by atoms with Gasteiger partial charge in [-0.1, -0.05) is 46.9 Å². The van der Waals surface area contributed by atoms with Gasteiger partial charge in [0, 0.05) is 16.6 Å². The van der Waals surface area contributed by atoms with Gasteiger partial charge >= 0.3 is 6.18 Å². The molecule has 3 aromatic rings. The molecule has 3 aromatic carbocycles. The van der Waals surface area contributed by atoms with Crippen LogP contribution < -0.4 is 5.32 Å². The van der Waals surface area contributed by atoms with Gasteiger partial charge in [-0.2, -0.15) is 17.5 Å². The fourth-order valence-electron chi connectivity index (χ4n) is 2.92. The summed E-state index contributed by atoms with van der Waals surface area (Å²) in [4.78, 5) is 12.6. The fourth-order valence-corrected chi connectivity index (χ4v) is 4.72. The van der Waals surface area contributed by atoms with Gasteiger partial charge in [-0.15, -0.1) is 0 Å². The number of amides is 1. The summed E-state index contributed by atoms with van der Waals surface area (Å²) in [6.07, 6.45) is -4.65. The monoisotopic (exact) mass is 550 g/mol. The van der Waals surface area contributed by atoms with Crippen molar-refractivity contribution in [1.82, 2.24) is 4.31 Å². The molecule has 180 valence electrons. The molecule has 0 atom stereocenters. The van der Waals surface area contributed by atoms with Crippen LogP contribution in [0.5, 0.6) is 0 Å². The molecule has 0 radical (unpaired) electrons. The molecule has 0 spiro atoms. The molecule has 0 aromatic heterocycles. The lowest BCUT2D eigenvalue weighted by atomic mass is 10.2. The molecule has 0 aliphatic carbocycles. The lowest BCUT2D eigenvalue weighted by molar-refractivity contribution is -0.137. The quantitative estimate of drug-likeness (QED) is 0.365. The number of nitrogens with zero attached hydrogens (tertiary/aromatic N) is 1. The van der Waals surface area contributed by atoms with E-state index in [4.69, 9.17) is 34.8 Å². The minimum Gasteiger partial charge on any atom is -0.324 e. The van der Waals surface area contributed by atoms with Crippen LogP contribution in [0.3, 0.4) is 0 Å². The zero-order valence-corrected chi connectivity index (χ0v) is 20.2. The van der Waals surface area contributed by atoms with Crippen LogP contribution in [0.25, 0.3) is 0 Å². The maximum atomic E-state index is 13.3. The Morgan fingerprint density at radius 2 is 1.44 bits per heavy atom. The van der Waals surface area contributed by atoms with Crippen molar-refractivity contribution < 1.29 is 26.4 Å². The maximum absolute atomic E-state index is 13.3. The van der Waals surface area contributed by atoms with Crippen molar-refractivity contribution >= 4 is 56.4 Å². The first-order chi connectivity index (χ1) is 15.9. The highest BCUT2D eigenvalue weighted by Crippen LogP contribution is 2.34. The van der Waals surface area contributed by atoms with Crippen LogP contribution in [0.15, 0.2) is 71.6 Å². The Labute approximate surface area is 209 Å². The Morgan fingerprint density at radius 3 is 2.00 bits per heavy atom. The van der Waals surface area contributed by atoms with Gasteiger partial charge in [0.05, 0.1) is 27.7 Å². The second-order valence-corrected chi connectivity index (χ2v) is 10.3. The molecule has 1 amide bonds. The SMILES string of the molecule is O=C(CN(Cc1ccc(Cl)cc1)S(=O)(=O)c1ccc(Cl)cc1)Nc1cc(C(F)(F)F)ccc1Cl. The van der Waals surface area contributed by atoms with Crippen molar-refractivity contribution in [2.45, 2.75) is 17.6 Å². The molecular formula is C22H16Cl3F3N2O3S. The standard InChI is InChI=1S/C22H16Cl3F3N2O3S/c23-16-4-1-14(2-5-16)12-30(34(32,33)18-8-6-17(24)7-9-18)13-21(31)29-20-11-15(22(26,27)28)3-10-19(20)25/h1-11H,12-13H2,(H,29,31). The van der Waals surface area contributed by atoms with E-state index in [1.54, 1.807) is 24.3 Å². The molecule has 12 heteroatoms. The van der Waals surface area contributed by atoms with E-state index in [2.05, 4.69) is 5.32 Å². The number of anilines is 1. The van der Waals surface area contributed by atoms with E-state index < -0.39 is 34.2 Å². The Bertz CT molecular complexity index is 1280. The fraction of sp³-hybridized carbons (Fsp3) is 0.136. The summed E-state index contributed by atoms with van der Waals surface area (Å²) in [5.74, 6) is -0.882. The zero-order valence-electron chi connectivity index (χ0n) is 17.1. The average Bonchev–Trinajstić information content (AvgIpc) is 2.76. The molecule has 0 unspecified atom stereocenters. The molecule has 5 nitrogen and oxygen atoms in total. The summed E-state index contributed by atoms with van der Waals surface area (Å²) < 4.78 is 66.5. The number of alkyl halides is 3. The largest absolute Gasteiger partial charge is 0.416 e. The van der Waals surface area contributed by atoms with E-state index in [0.717, 1.165) is 16.4 Å². The van der Waals surface area contributed by atoms with Crippen LogP contribution in [-0.4, -0.2) is 25.2 Å². The first-order valence-electron chi connectivity index (χ1n) is 9.53. The Morgan fingerprint density at radius 1 is 0.882 bits per heavy atom. The number of halogens is 6. The van der Waals surface area contributed by atoms with Gasteiger partial charge in [-0.3, -0.25) is 4.79 Å². The highest BCUT2D eigenvalue weighted by atomic mass is 35.5. The molecule has 3 rings (SSSR count). The number of carbonyl (C=O) groups excluding carboxylic acids is 1. The van der Waals surface area contributed by atoms with Gasteiger partial charge in [-0.05, 0) is 60.2 Å². The van der Waals surface area contributed by atoms with E-state index in [1.165, 1.54) is 24.3 Å². The number of benzene rings is 3. The highest BCUT2D eigenvalue weighted by Gasteiger charge is 2.32. The molecular weight excluding hydrogens is 536 g/mol. The molecule has 0 saturated heterocycles. The van der Waals surface area contributed by atoms with Crippen molar-refractivity contribution in [2.24, 2.45) is 0 Å². The molecule has 34 heavy (non-hydrogen) atoms. The van der Waals surface area contributed by atoms with Crippen LogP contribution in [0.1, 0.15) is 11.1 Å². The average molecular weight is 552 g/mol. The zero-order chi connectivity index (χ0) is 25.1. The minimum absolute atomic E-state index is 0.115. The van der Waals surface area contributed by atoms with Crippen molar-refractivity contribution in [2.75, 3.05) is 11.9 Å². The molecule has 0 heterocycles. The third kappa shape index (κ3) is 6.64. The number of hydrogen-bond donors (Lipinski definition) is 1. The van der Waals surface area contributed by atoms with Gasteiger partial charge in [0.15, 0.2) is 0 Å². The molecule has 0 bridgehead atoms. The summed E-state index contributed by atoms with van der Waals surface area (Å²) >= 11 is 17.7. The van der Waals surface area contributed by atoms with E-state index in [1.807, 2.05) is 0 Å². The number of hydrogen-bond acceptors (Lipinski definition) is 3. The summed E-state index contributed by atoms with van der Waals surface area (Å²) in [6, 6.07) is 14.1. The molecule has 0 saturated carbocycles. The van der Waals surface area contributed by atoms with Gasteiger partial charge in [0.25, 0.3) is 0 Å². The van der Waals surface area contributed by atoms with E-state index in [-0.39, 0.29) is 22.2 Å². The first-order valence-corrected chi connectivity index (χ1v) is 12.1. The summed E-state index contributed by atoms with van der Waals surface area (Å²) in [6.45, 7) is -0.897. The summed E-state index contributed by atoms with van der Waals surface area (Å²) in [5.41, 5.74) is -0.775. The maximum Gasteiger partial charge on any atom is 0.416 e. The Balaban J connectivity index is 1.90. The predicted molar refractivity (Wildman–Crippen MR) is 126 cm³/mol. The second-order valence-electron chi connectivity index (χ2n) is 7.09. The second kappa shape index (κ2) is 10.5. The Hall–Kier alpha value is -2.30. The number of nitrogens with one attached hydrogen (secondary N) is 1. The van der Waals surface area contributed by atoms with Crippen LogP contribution in [0, 0.1) is 0 Å². The third-order valence-electron chi connectivity index (χ3n) is 4.61. The van der Waals surface area contributed by atoms with Gasteiger partial charge in [-0.25, -0.2) is 8.42 Å². The van der Waals surface area contributed by atoms with Crippen molar-refractivity contribution in [3.63, 3.8) is 0 Å². The minimum atomic E-state index is -4.65. The van der Waals surface area contributed by atoms with E-state index in [0.29, 0.717) is 21.7 Å². The van der Waals surface area contributed by atoms with Crippen molar-refractivity contribution in [1.29, 1.82) is 0 Å². The Kier molecular flexibility index (Phi) is 8.15. The lowest BCUT2D eigenvalue weighted by Crippen LogP contribution is -2.37. The number of sulfonamides is 1. The van der Waals surface area contributed by atoms with Crippen LogP contribution >= 0.6 is 34.8 Å². The van der Waals surface area contributed by atoms with E-state index in [9.17, 15) is 26.4 Å². The topological polar surface area (TPSA) is 66.5 Å². The van der Waals surface area contributed by atoms with Gasteiger partial charge in [0.1, 0.15) is 0 Å². The molecule has 0 fully saturated rings. The first kappa shape index (κ1) is 26.3. The molecule has 0 aliphatic heterocycles. The smallest absolute Gasteiger partial charge is 0.324 e. The normalized spacial score (nSPS) is 12.1. The van der Waals surface area contributed by atoms with Gasteiger partial charge in [0.2, 0.25) is 15.9 Å². The number of carbonyl (C=O) groups is 1. The number of rotatable bonds is 7. The lowest BCUT2D eigenvalue weighted by Gasteiger charge is -2.22. The van der Waals surface area contributed by atoms with E-state index >= 15 is 0 Å². The van der Waals surface area contributed by atoms with Crippen molar-refractivity contribution in [3.8, 4) is 0 Å². The van der Waals surface area contributed by atoms with Crippen molar-refractivity contribution in [3.05, 3.63) is 92.9 Å². The van der Waals surface area contributed by atoms with Crippen LogP contribution in [0.2, 0.25) is 15.1 Å². The third-order valence-corrected chi connectivity index (χ3v) is 7.25. The molecule has 0 aliphatic rings. The van der Waals surface area contributed by atoms with Crippen LogP contribution in [-0.2, 0) is 27.5 Å². The highest BCUT2D eigenvalue weighted by molar-refractivity contribution is 7.89. The summed E-state index contributed by atoms with van der Waals surface area (Å²) in [5, 5.41) is 2.89.